The smallest absolute Gasteiger partial charge is 0.243 e. The van der Waals surface area contributed by atoms with Gasteiger partial charge in [-0.2, -0.15) is 11.8 Å². The van der Waals surface area contributed by atoms with Gasteiger partial charge in [0.2, 0.25) is 15.9 Å². The first-order valence-electron chi connectivity index (χ1n) is 9.18. The predicted molar refractivity (Wildman–Crippen MR) is 128 cm³/mol. The lowest BCUT2D eigenvalue weighted by Gasteiger charge is -2.30. The second-order valence-corrected chi connectivity index (χ2v) is 10.7. The average molecular weight is 510 g/mol. The van der Waals surface area contributed by atoms with Gasteiger partial charge in [-0.1, -0.05) is 47.8 Å². The minimum Gasteiger partial charge on any atom is -0.353 e. The number of nitrogens with zero attached hydrogens (tertiary/aromatic N) is 1. The van der Waals surface area contributed by atoms with Gasteiger partial charge in [0.25, 0.3) is 0 Å². The molecule has 0 spiro atoms. The second kappa shape index (κ2) is 11.5. The lowest BCUT2D eigenvalue weighted by molar-refractivity contribution is -0.122. The molecule has 0 radical (unpaired) electrons. The molecular weight excluding hydrogens is 487 g/mol. The van der Waals surface area contributed by atoms with Crippen LogP contribution in [0.3, 0.4) is 0 Å². The summed E-state index contributed by atoms with van der Waals surface area (Å²) in [5.41, 5.74) is 1.25. The zero-order chi connectivity index (χ0) is 22.3. The zero-order valence-corrected chi connectivity index (χ0v) is 20.5. The van der Waals surface area contributed by atoms with E-state index < -0.39 is 16.1 Å². The molecule has 0 bridgehead atoms. The number of anilines is 1. The van der Waals surface area contributed by atoms with E-state index in [-0.39, 0.29) is 5.91 Å². The van der Waals surface area contributed by atoms with Crippen LogP contribution in [0.15, 0.2) is 42.5 Å². The molecule has 1 atom stereocenters. The van der Waals surface area contributed by atoms with E-state index in [0.29, 0.717) is 45.2 Å². The Morgan fingerprint density at radius 2 is 1.70 bits per heavy atom. The van der Waals surface area contributed by atoms with Gasteiger partial charge in [0.1, 0.15) is 6.04 Å². The molecule has 2 aromatic rings. The number of hydrogen-bond donors (Lipinski definition) is 1. The van der Waals surface area contributed by atoms with E-state index in [1.54, 1.807) is 61.2 Å². The molecule has 1 unspecified atom stereocenters. The van der Waals surface area contributed by atoms with Crippen LogP contribution in [0.1, 0.15) is 18.9 Å². The molecule has 30 heavy (non-hydrogen) atoms. The van der Waals surface area contributed by atoms with Crippen LogP contribution >= 0.6 is 46.6 Å². The fourth-order valence-electron chi connectivity index (χ4n) is 2.86. The molecule has 0 aliphatic rings. The Balaban J connectivity index is 1.98. The van der Waals surface area contributed by atoms with Crippen molar-refractivity contribution >= 4 is 68.2 Å². The van der Waals surface area contributed by atoms with Gasteiger partial charge in [-0.25, -0.2) is 8.42 Å². The molecule has 1 amide bonds. The summed E-state index contributed by atoms with van der Waals surface area (Å²) in [6, 6.07) is 10.9. The summed E-state index contributed by atoms with van der Waals surface area (Å²) >= 11 is 19.8. The zero-order valence-electron chi connectivity index (χ0n) is 16.6. The summed E-state index contributed by atoms with van der Waals surface area (Å²) in [7, 11) is -3.67. The van der Waals surface area contributed by atoms with Gasteiger partial charge in [-0.15, -0.1) is 0 Å². The van der Waals surface area contributed by atoms with Crippen molar-refractivity contribution in [2.24, 2.45) is 0 Å². The van der Waals surface area contributed by atoms with Crippen molar-refractivity contribution in [3.05, 3.63) is 63.1 Å². The Bertz CT molecular complexity index is 950. The van der Waals surface area contributed by atoms with Crippen LogP contribution in [0.25, 0.3) is 0 Å². The fourth-order valence-corrected chi connectivity index (χ4v) is 5.79. The number of nitrogens with one attached hydrogen (secondary N) is 1. The fraction of sp³-hybridized carbons (Fsp3) is 0.350. The normalized spacial score (nSPS) is 12.4. The third-order valence-corrected chi connectivity index (χ3v) is 7.39. The minimum absolute atomic E-state index is 0.323. The molecule has 0 saturated heterocycles. The summed E-state index contributed by atoms with van der Waals surface area (Å²) in [6.07, 6.45) is 1.41. The Labute approximate surface area is 197 Å². The molecule has 10 heteroatoms. The van der Waals surface area contributed by atoms with Gasteiger partial charge in [0.05, 0.1) is 11.9 Å². The standard InChI is InChI=1S/C20H23Cl3N2O3S2/c1-3-19(25(30(2,27)28)15-9-7-14(21)8-10-15)20(26)24-11-12-29-13-16-17(22)5-4-6-18(16)23/h4-10,19H,3,11-13H2,1-2H3,(H,24,26). The van der Waals surface area contributed by atoms with E-state index in [1.807, 2.05) is 0 Å². The van der Waals surface area contributed by atoms with Gasteiger partial charge >= 0.3 is 0 Å². The molecule has 0 aromatic heterocycles. The Morgan fingerprint density at radius 1 is 1.10 bits per heavy atom. The van der Waals surface area contributed by atoms with E-state index in [0.717, 1.165) is 16.1 Å². The number of halogens is 3. The summed E-state index contributed by atoms with van der Waals surface area (Å²) in [6.45, 7) is 2.16. The van der Waals surface area contributed by atoms with Crippen LogP contribution in [-0.2, 0) is 20.6 Å². The second-order valence-electron chi connectivity index (χ2n) is 6.50. The van der Waals surface area contributed by atoms with Crippen LogP contribution in [0.2, 0.25) is 15.1 Å². The van der Waals surface area contributed by atoms with E-state index in [9.17, 15) is 13.2 Å². The van der Waals surface area contributed by atoms with Gasteiger partial charge in [-0.3, -0.25) is 9.10 Å². The third-order valence-electron chi connectivity index (χ3n) is 4.26. The van der Waals surface area contributed by atoms with Crippen molar-refractivity contribution in [3.8, 4) is 0 Å². The minimum atomic E-state index is -3.67. The SMILES string of the molecule is CCC(C(=O)NCCSCc1c(Cl)cccc1Cl)N(c1ccc(Cl)cc1)S(C)(=O)=O. The molecule has 2 aromatic carbocycles. The highest BCUT2D eigenvalue weighted by atomic mass is 35.5. The van der Waals surface area contributed by atoms with Crippen molar-refractivity contribution in [1.82, 2.24) is 5.32 Å². The molecule has 0 heterocycles. The van der Waals surface area contributed by atoms with Crippen LogP contribution in [0.4, 0.5) is 5.69 Å². The first-order chi connectivity index (χ1) is 14.1. The quantitative estimate of drug-likeness (QED) is 0.445. The van der Waals surface area contributed by atoms with Gasteiger partial charge in [0.15, 0.2) is 0 Å². The Hall–Kier alpha value is -1.12. The van der Waals surface area contributed by atoms with Crippen molar-refractivity contribution in [2.75, 3.05) is 22.9 Å². The van der Waals surface area contributed by atoms with Crippen LogP contribution in [0.5, 0.6) is 0 Å². The maximum absolute atomic E-state index is 12.7. The molecule has 5 nitrogen and oxygen atoms in total. The first kappa shape index (κ1) is 25.1. The molecular formula is C20H23Cl3N2O3S2. The number of carbonyl (C=O) groups is 1. The number of thioether (sulfide) groups is 1. The van der Waals surface area contributed by atoms with Gasteiger partial charge < -0.3 is 5.32 Å². The van der Waals surface area contributed by atoms with Crippen molar-refractivity contribution < 1.29 is 13.2 Å². The maximum Gasteiger partial charge on any atom is 0.243 e. The monoisotopic (exact) mass is 508 g/mol. The summed E-state index contributed by atoms with van der Waals surface area (Å²) in [5, 5.41) is 4.53. The van der Waals surface area contributed by atoms with E-state index in [4.69, 9.17) is 34.8 Å². The number of amides is 1. The number of hydrogen-bond acceptors (Lipinski definition) is 4. The molecule has 0 fully saturated rings. The molecule has 0 saturated carbocycles. The molecule has 0 aliphatic carbocycles. The van der Waals surface area contributed by atoms with Crippen molar-refractivity contribution in [3.63, 3.8) is 0 Å². The van der Waals surface area contributed by atoms with E-state index in [1.165, 1.54) is 0 Å². The Morgan fingerprint density at radius 3 is 2.23 bits per heavy atom. The topological polar surface area (TPSA) is 66.5 Å². The largest absolute Gasteiger partial charge is 0.353 e. The van der Waals surface area contributed by atoms with E-state index in [2.05, 4.69) is 5.32 Å². The molecule has 2 rings (SSSR count). The third kappa shape index (κ3) is 6.95. The summed E-state index contributed by atoms with van der Waals surface area (Å²) in [4.78, 5) is 12.7. The molecule has 0 aliphatic heterocycles. The van der Waals surface area contributed by atoms with Crippen molar-refractivity contribution in [2.45, 2.75) is 25.1 Å². The van der Waals surface area contributed by atoms with Crippen LogP contribution in [0, 0.1) is 0 Å². The van der Waals surface area contributed by atoms with Crippen LogP contribution < -0.4 is 9.62 Å². The number of rotatable bonds is 10. The Kier molecular flexibility index (Phi) is 9.63. The molecule has 1 N–H and O–H groups in total. The average Bonchev–Trinajstić information content (AvgIpc) is 2.67. The highest BCUT2D eigenvalue weighted by molar-refractivity contribution is 7.98. The van der Waals surface area contributed by atoms with E-state index >= 15 is 0 Å². The first-order valence-corrected chi connectivity index (χ1v) is 13.3. The maximum atomic E-state index is 12.7. The lowest BCUT2D eigenvalue weighted by atomic mass is 10.2. The predicted octanol–water partition coefficient (Wildman–Crippen LogP) is 5.24. The van der Waals surface area contributed by atoms with Gasteiger partial charge in [-0.05, 0) is 48.4 Å². The van der Waals surface area contributed by atoms with Crippen LogP contribution in [-0.4, -0.2) is 38.9 Å². The highest BCUT2D eigenvalue weighted by Gasteiger charge is 2.31. The van der Waals surface area contributed by atoms with Crippen molar-refractivity contribution in [1.29, 1.82) is 0 Å². The molecule has 164 valence electrons. The summed E-state index contributed by atoms with van der Waals surface area (Å²) < 4.78 is 25.9. The highest BCUT2D eigenvalue weighted by Crippen LogP contribution is 2.28. The lowest BCUT2D eigenvalue weighted by Crippen LogP contribution is -2.49. The number of carbonyl (C=O) groups excluding carboxylic acids is 1. The van der Waals surface area contributed by atoms with Gasteiger partial charge in [0, 0.05) is 33.1 Å². The summed E-state index contributed by atoms with van der Waals surface area (Å²) in [5.74, 6) is 0.893. The number of sulfonamides is 1. The number of benzene rings is 2.